The smallest absolute Gasteiger partial charge is 0.251 e. The normalized spacial score (nSPS) is 17.3. The molecule has 0 aliphatic carbocycles. The van der Waals surface area contributed by atoms with Crippen molar-refractivity contribution in [2.45, 2.75) is 38.0 Å². The molecule has 3 rings (SSSR count). The van der Waals surface area contributed by atoms with Gasteiger partial charge >= 0.3 is 0 Å². The van der Waals surface area contributed by atoms with E-state index in [2.05, 4.69) is 16.0 Å². The number of amides is 1. The molecule has 0 aromatic heterocycles. The number of fused-ring (bicyclic) bond motifs is 4. The molecule has 162 valence electrons. The number of nitrogens with zero attached hydrogens (tertiary/aromatic N) is 1. The van der Waals surface area contributed by atoms with Crippen molar-refractivity contribution >= 4 is 28.4 Å². The molecule has 0 saturated carbocycles. The summed E-state index contributed by atoms with van der Waals surface area (Å²) in [4.78, 5) is 13.7. The summed E-state index contributed by atoms with van der Waals surface area (Å²) >= 11 is 1.29. The van der Waals surface area contributed by atoms with Gasteiger partial charge in [-0.05, 0) is 74.6 Å². The van der Waals surface area contributed by atoms with E-state index >= 15 is 0 Å². The molecule has 1 aliphatic heterocycles. The Morgan fingerprint density at radius 2 is 1.90 bits per heavy atom. The van der Waals surface area contributed by atoms with Crippen LogP contribution in [0.5, 0.6) is 5.75 Å². The van der Waals surface area contributed by atoms with E-state index in [-0.39, 0.29) is 11.0 Å². The summed E-state index contributed by atoms with van der Waals surface area (Å²) in [6.07, 6.45) is 4.37. The fourth-order valence-corrected chi connectivity index (χ4v) is 4.18. The molecule has 0 spiro atoms. The van der Waals surface area contributed by atoms with Crippen molar-refractivity contribution in [1.82, 2.24) is 10.7 Å². The van der Waals surface area contributed by atoms with E-state index in [0.717, 1.165) is 46.6 Å². The van der Waals surface area contributed by atoms with Gasteiger partial charge in [0.05, 0.1) is 17.3 Å². The first-order valence-electron chi connectivity index (χ1n) is 10.2. The minimum Gasteiger partial charge on any atom is -0.494 e. The topological polar surface area (TPSA) is 110 Å². The quantitative estimate of drug-likeness (QED) is 0.380. The predicted octanol–water partition coefficient (Wildman–Crippen LogP) is 5.24. The average molecular weight is 438 g/mol. The third kappa shape index (κ3) is 6.18. The van der Waals surface area contributed by atoms with E-state index in [1.165, 1.54) is 11.8 Å². The molecule has 0 unspecified atom stereocenters. The average Bonchev–Trinajstić information content (AvgIpc) is 2.72. The van der Waals surface area contributed by atoms with Crippen LogP contribution in [0.2, 0.25) is 0 Å². The number of carbonyl (C=O) groups is 1. The minimum absolute atomic E-state index is 0.127. The summed E-state index contributed by atoms with van der Waals surface area (Å²) in [6.45, 7) is 5.05. The second-order valence-corrected chi connectivity index (χ2v) is 8.49. The molecule has 0 atom stereocenters. The van der Waals surface area contributed by atoms with Gasteiger partial charge in [-0.2, -0.15) is 5.53 Å². The summed E-state index contributed by atoms with van der Waals surface area (Å²) in [5, 5.41) is 15.0. The van der Waals surface area contributed by atoms with Crippen LogP contribution >= 0.6 is 11.8 Å². The summed E-state index contributed by atoms with van der Waals surface area (Å²) in [5.41, 5.74) is 13.6. The third-order valence-corrected chi connectivity index (χ3v) is 5.79. The fourth-order valence-electron chi connectivity index (χ4n) is 3.42. The van der Waals surface area contributed by atoms with Gasteiger partial charge in [-0.3, -0.25) is 15.6 Å². The van der Waals surface area contributed by atoms with Crippen LogP contribution in [0, 0.1) is 24.8 Å². The number of hydrogen-bond acceptors (Lipinski definition) is 6. The fraction of sp³-hybridized carbons (Fsp3) is 0.304. The Morgan fingerprint density at radius 1 is 1.10 bits per heavy atom. The molecule has 0 saturated heterocycles. The molecule has 1 amide bonds. The first-order valence-corrected chi connectivity index (χ1v) is 11.0. The highest BCUT2D eigenvalue weighted by Crippen LogP contribution is 2.27. The van der Waals surface area contributed by atoms with Crippen molar-refractivity contribution in [3.05, 3.63) is 64.7 Å². The van der Waals surface area contributed by atoms with Gasteiger partial charge in [-0.1, -0.05) is 29.1 Å². The van der Waals surface area contributed by atoms with Crippen molar-refractivity contribution in [2.24, 2.45) is 5.22 Å². The molecular weight excluding hydrogens is 410 g/mol. The molecule has 0 fully saturated rings. The number of ether oxygens (including phenoxy) is 1. The molecule has 4 N–H and O–H groups in total. The van der Waals surface area contributed by atoms with Crippen molar-refractivity contribution in [1.29, 1.82) is 10.9 Å². The summed E-state index contributed by atoms with van der Waals surface area (Å²) in [6, 6.07) is 11.4. The van der Waals surface area contributed by atoms with E-state index in [1.807, 2.05) is 44.2 Å². The van der Waals surface area contributed by atoms with E-state index in [1.54, 1.807) is 12.1 Å². The lowest BCUT2D eigenvalue weighted by Gasteiger charge is -2.15. The van der Waals surface area contributed by atoms with Crippen molar-refractivity contribution in [3.8, 4) is 5.75 Å². The zero-order valence-electron chi connectivity index (χ0n) is 17.7. The van der Waals surface area contributed by atoms with Crippen LogP contribution < -0.4 is 15.5 Å². The molecule has 8 heteroatoms. The Labute approximate surface area is 186 Å². The molecule has 0 radical (unpaired) electrons. The maximum absolute atomic E-state index is 12.8. The standard InChI is InChI=1S/C23H27N5O2S/c1-15-11-16(2)20-13-19(15)21(27-28-25)14-22(24)31-18-8-6-7-17(12-18)30-10-5-3-4-9-26-23(20)29/h6-8,11-14,24H,3-5,9-10H2,1-2H3,(H2,25,27)(H,26,29)/b21-14-,24-22?. The van der Waals surface area contributed by atoms with Crippen molar-refractivity contribution < 1.29 is 9.53 Å². The summed E-state index contributed by atoms with van der Waals surface area (Å²) < 4.78 is 5.83. The van der Waals surface area contributed by atoms with Gasteiger partial charge in [0, 0.05) is 22.6 Å². The molecule has 2 aromatic rings. The van der Waals surface area contributed by atoms with Gasteiger partial charge in [-0.15, -0.1) is 0 Å². The maximum Gasteiger partial charge on any atom is 0.251 e. The number of carbonyl (C=O) groups excluding carboxylic acids is 1. The van der Waals surface area contributed by atoms with Gasteiger partial charge in [0.2, 0.25) is 0 Å². The van der Waals surface area contributed by atoms with E-state index in [4.69, 9.17) is 15.7 Å². The first kappa shape index (κ1) is 22.6. The highest BCUT2D eigenvalue weighted by Gasteiger charge is 2.15. The second kappa shape index (κ2) is 10.8. The molecule has 4 bridgehead atoms. The van der Waals surface area contributed by atoms with Crippen LogP contribution in [0.3, 0.4) is 0 Å². The largest absolute Gasteiger partial charge is 0.494 e. The Kier molecular flexibility index (Phi) is 7.83. The highest BCUT2D eigenvalue weighted by atomic mass is 32.2. The molecule has 7 nitrogen and oxygen atoms in total. The number of rotatable bonds is 2. The first-order chi connectivity index (χ1) is 15.0. The number of benzene rings is 2. The monoisotopic (exact) mass is 437 g/mol. The summed E-state index contributed by atoms with van der Waals surface area (Å²) in [5.74, 6) is 0.646. The molecule has 1 aliphatic rings. The van der Waals surface area contributed by atoms with Crippen LogP contribution in [0.15, 0.2) is 52.6 Å². The second-order valence-electron chi connectivity index (χ2n) is 7.37. The van der Waals surface area contributed by atoms with Gasteiger partial charge < -0.3 is 10.1 Å². The van der Waals surface area contributed by atoms with E-state index < -0.39 is 0 Å². The summed E-state index contributed by atoms with van der Waals surface area (Å²) in [7, 11) is 0. The molecule has 31 heavy (non-hydrogen) atoms. The Bertz CT molecular complexity index is 1020. The molecular formula is C23H27N5O2S. The lowest BCUT2D eigenvalue weighted by atomic mass is 9.97. The van der Waals surface area contributed by atoms with Gasteiger partial charge in [-0.25, -0.2) is 0 Å². The Balaban J connectivity index is 2.00. The zero-order valence-corrected chi connectivity index (χ0v) is 18.6. The number of hydrogen-bond donors (Lipinski definition) is 4. The zero-order chi connectivity index (χ0) is 22.2. The lowest BCUT2D eigenvalue weighted by molar-refractivity contribution is 0.0952. The molecule has 1 heterocycles. The number of aryl methyl sites for hydroxylation is 2. The minimum atomic E-state index is -0.127. The van der Waals surface area contributed by atoms with Gasteiger partial charge in [0.15, 0.2) is 0 Å². The Morgan fingerprint density at radius 3 is 2.71 bits per heavy atom. The molecule has 2 aromatic carbocycles. The number of nitrogens with one attached hydrogen (secondary N) is 4. The van der Waals surface area contributed by atoms with Crippen molar-refractivity contribution in [2.75, 3.05) is 13.2 Å². The maximum atomic E-state index is 12.8. The number of thioether (sulfide) groups is 1. The lowest BCUT2D eigenvalue weighted by Crippen LogP contribution is -2.25. The predicted molar refractivity (Wildman–Crippen MR) is 124 cm³/mol. The van der Waals surface area contributed by atoms with Crippen LogP contribution in [-0.4, -0.2) is 24.1 Å². The van der Waals surface area contributed by atoms with E-state index in [9.17, 15) is 4.79 Å². The highest BCUT2D eigenvalue weighted by molar-refractivity contribution is 8.14. The Hall–Kier alpha value is -3.13. The van der Waals surface area contributed by atoms with Gasteiger partial charge in [0.25, 0.3) is 5.91 Å². The van der Waals surface area contributed by atoms with Crippen molar-refractivity contribution in [3.63, 3.8) is 0 Å². The van der Waals surface area contributed by atoms with E-state index in [0.29, 0.717) is 24.4 Å². The third-order valence-electron chi connectivity index (χ3n) is 4.97. The SMILES string of the molecule is Cc1cc(C)c2cc1C(=O)NCCCCCOc1cccc(c1)SC(=N)/C=C/2NN=N. The van der Waals surface area contributed by atoms with Crippen LogP contribution in [0.4, 0.5) is 0 Å². The van der Waals surface area contributed by atoms with Crippen LogP contribution in [0.1, 0.15) is 46.3 Å². The van der Waals surface area contributed by atoms with Crippen LogP contribution in [-0.2, 0) is 0 Å². The van der Waals surface area contributed by atoms with Gasteiger partial charge in [0.1, 0.15) is 5.75 Å². The van der Waals surface area contributed by atoms with Crippen LogP contribution in [0.25, 0.3) is 5.70 Å².